The van der Waals surface area contributed by atoms with Crippen LogP contribution in [0.2, 0.25) is 0 Å². The van der Waals surface area contributed by atoms with Gasteiger partial charge in [-0.2, -0.15) is 0 Å². The Morgan fingerprint density at radius 1 is 1.11 bits per heavy atom. The lowest BCUT2D eigenvalue weighted by molar-refractivity contribution is -0.0925. The van der Waals surface area contributed by atoms with Crippen molar-refractivity contribution in [3.63, 3.8) is 0 Å². The Balaban J connectivity index is 2.48. The molecule has 1 N–H and O–H groups in total. The Labute approximate surface area is 167 Å². The van der Waals surface area contributed by atoms with E-state index >= 15 is 0 Å². The molecular formula is C18H26BrNO7. The molecule has 0 fully saturated rings. The molecule has 9 heteroatoms. The topological polar surface area (TPSA) is 92.3 Å². The Bertz CT molecular complexity index is 658. The molecule has 1 unspecified atom stereocenters. The highest BCUT2D eigenvalue weighted by Gasteiger charge is 2.21. The number of halogens is 1. The molecule has 152 valence electrons. The minimum absolute atomic E-state index is 0.291. The van der Waals surface area contributed by atoms with Gasteiger partial charge in [-0.1, -0.05) is 0 Å². The predicted octanol–water partition coefficient (Wildman–Crippen LogP) is 4.03. The molecule has 0 aliphatic rings. The summed E-state index contributed by atoms with van der Waals surface area (Å²) >= 11 is 3.39. The maximum atomic E-state index is 11.8. The predicted molar refractivity (Wildman–Crippen MR) is 102 cm³/mol. The van der Waals surface area contributed by atoms with E-state index < -0.39 is 24.1 Å². The van der Waals surface area contributed by atoms with Gasteiger partial charge in [-0.3, -0.25) is 0 Å². The third kappa shape index (κ3) is 8.38. The van der Waals surface area contributed by atoms with Crippen molar-refractivity contribution in [3.8, 4) is 11.5 Å². The summed E-state index contributed by atoms with van der Waals surface area (Å²) in [4.78, 5) is 23.3. The van der Waals surface area contributed by atoms with E-state index in [-0.39, 0.29) is 0 Å². The molecule has 1 aromatic carbocycles. The van der Waals surface area contributed by atoms with Gasteiger partial charge >= 0.3 is 12.2 Å². The smallest absolute Gasteiger partial charge is 0.496 e. The van der Waals surface area contributed by atoms with E-state index in [1.807, 2.05) is 6.07 Å². The summed E-state index contributed by atoms with van der Waals surface area (Å²) in [6, 6.07) is 3.62. The Morgan fingerprint density at radius 3 is 2.30 bits per heavy atom. The number of ether oxygens (including phenoxy) is 5. The van der Waals surface area contributed by atoms with Gasteiger partial charge in [0.2, 0.25) is 6.29 Å². The second-order valence-electron chi connectivity index (χ2n) is 6.53. The van der Waals surface area contributed by atoms with Crippen LogP contribution in [0.1, 0.15) is 33.3 Å². The van der Waals surface area contributed by atoms with E-state index in [4.69, 9.17) is 23.7 Å². The SMILES string of the molecule is COc1cc(CCNC(=O)OC(C)OC(=O)OC(C)(C)C)c(OC)cc1Br. The van der Waals surface area contributed by atoms with Crippen LogP contribution in [0.4, 0.5) is 9.59 Å². The summed E-state index contributed by atoms with van der Waals surface area (Å²) < 4.78 is 26.2. The number of methoxy groups -OCH3 is 2. The van der Waals surface area contributed by atoms with Gasteiger partial charge in [-0.15, -0.1) is 0 Å². The summed E-state index contributed by atoms with van der Waals surface area (Å²) in [5.74, 6) is 1.33. The fraction of sp³-hybridized carbons (Fsp3) is 0.556. The Hall–Kier alpha value is -2.16. The number of benzene rings is 1. The highest BCUT2D eigenvalue weighted by Crippen LogP contribution is 2.32. The van der Waals surface area contributed by atoms with Gasteiger partial charge in [0.05, 0.1) is 18.7 Å². The number of carbonyl (C=O) groups is 2. The molecule has 0 radical (unpaired) electrons. The zero-order valence-electron chi connectivity index (χ0n) is 16.4. The minimum Gasteiger partial charge on any atom is -0.496 e. The van der Waals surface area contributed by atoms with Gasteiger partial charge in [0.25, 0.3) is 0 Å². The average molecular weight is 448 g/mol. The molecule has 0 spiro atoms. The number of nitrogens with one attached hydrogen (secondary N) is 1. The van der Waals surface area contributed by atoms with E-state index in [1.54, 1.807) is 41.1 Å². The highest BCUT2D eigenvalue weighted by atomic mass is 79.9. The van der Waals surface area contributed by atoms with Crippen molar-refractivity contribution in [2.24, 2.45) is 0 Å². The number of hydrogen-bond donors (Lipinski definition) is 1. The molecule has 27 heavy (non-hydrogen) atoms. The van der Waals surface area contributed by atoms with Crippen LogP contribution in [0.15, 0.2) is 16.6 Å². The standard InChI is InChI=1S/C18H26BrNO7/c1-11(26-17(22)27-18(2,3)4)25-16(21)20-8-7-12-9-15(24-6)13(19)10-14(12)23-5/h9-11H,7-8H2,1-6H3,(H,20,21). The largest absolute Gasteiger partial charge is 0.511 e. The average Bonchev–Trinajstić information content (AvgIpc) is 2.53. The second-order valence-corrected chi connectivity index (χ2v) is 7.38. The molecule has 0 heterocycles. The van der Waals surface area contributed by atoms with Crippen LogP contribution in [0, 0.1) is 0 Å². The van der Waals surface area contributed by atoms with Crippen molar-refractivity contribution in [2.75, 3.05) is 20.8 Å². The molecule has 0 aliphatic carbocycles. The summed E-state index contributed by atoms with van der Waals surface area (Å²) in [6.45, 7) is 6.83. The molecule has 0 saturated carbocycles. The molecule has 1 aromatic rings. The van der Waals surface area contributed by atoms with Crippen molar-refractivity contribution >= 4 is 28.2 Å². The van der Waals surface area contributed by atoms with Crippen LogP contribution >= 0.6 is 15.9 Å². The van der Waals surface area contributed by atoms with Crippen molar-refractivity contribution in [3.05, 3.63) is 22.2 Å². The lowest BCUT2D eigenvalue weighted by Crippen LogP contribution is -2.33. The first-order valence-electron chi connectivity index (χ1n) is 8.30. The molecule has 1 rings (SSSR count). The molecule has 0 saturated heterocycles. The fourth-order valence-corrected chi connectivity index (χ4v) is 2.53. The minimum atomic E-state index is -1.08. The van der Waals surface area contributed by atoms with Crippen LogP contribution in [0.25, 0.3) is 0 Å². The van der Waals surface area contributed by atoms with Gasteiger partial charge in [-0.05, 0) is 60.8 Å². The van der Waals surface area contributed by atoms with Crippen LogP contribution in [-0.4, -0.2) is 44.9 Å². The van der Waals surface area contributed by atoms with Gasteiger partial charge in [0.1, 0.15) is 17.1 Å². The van der Waals surface area contributed by atoms with Crippen molar-refractivity contribution < 1.29 is 33.3 Å². The molecule has 1 atom stereocenters. The van der Waals surface area contributed by atoms with E-state index in [0.717, 1.165) is 10.0 Å². The number of carbonyl (C=O) groups excluding carboxylic acids is 2. The van der Waals surface area contributed by atoms with Crippen molar-refractivity contribution in [1.29, 1.82) is 0 Å². The van der Waals surface area contributed by atoms with E-state index in [2.05, 4.69) is 21.2 Å². The van der Waals surface area contributed by atoms with Crippen LogP contribution in [0.3, 0.4) is 0 Å². The van der Waals surface area contributed by atoms with Crippen LogP contribution in [-0.2, 0) is 20.6 Å². The first-order valence-corrected chi connectivity index (χ1v) is 9.09. The zero-order valence-corrected chi connectivity index (χ0v) is 18.0. The quantitative estimate of drug-likeness (QED) is 0.497. The number of hydrogen-bond acceptors (Lipinski definition) is 7. The number of alkyl carbamates (subject to hydrolysis) is 1. The molecular weight excluding hydrogens is 422 g/mol. The normalized spacial score (nSPS) is 12.0. The molecule has 8 nitrogen and oxygen atoms in total. The van der Waals surface area contributed by atoms with Crippen LogP contribution < -0.4 is 14.8 Å². The maximum absolute atomic E-state index is 11.8. The van der Waals surface area contributed by atoms with E-state index in [9.17, 15) is 9.59 Å². The Morgan fingerprint density at radius 2 is 1.74 bits per heavy atom. The van der Waals surface area contributed by atoms with Gasteiger partial charge in [0.15, 0.2) is 0 Å². The Kier molecular flexibility index (Phi) is 8.68. The summed E-state index contributed by atoms with van der Waals surface area (Å²) in [7, 11) is 3.13. The third-order valence-corrected chi connectivity index (χ3v) is 3.76. The zero-order chi connectivity index (χ0) is 20.6. The highest BCUT2D eigenvalue weighted by molar-refractivity contribution is 9.10. The molecule has 0 aliphatic heterocycles. The van der Waals surface area contributed by atoms with Gasteiger partial charge < -0.3 is 29.0 Å². The van der Waals surface area contributed by atoms with Crippen molar-refractivity contribution in [1.82, 2.24) is 5.32 Å². The number of rotatable bonds is 7. The van der Waals surface area contributed by atoms with Gasteiger partial charge in [-0.25, -0.2) is 9.59 Å². The molecule has 0 bridgehead atoms. The maximum Gasteiger partial charge on any atom is 0.511 e. The lowest BCUT2D eigenvalue weighted by atomic mass is 10.1. The van der Waals surface area contributed by atoms with E-state index in [1.165, 1.54) is 6.92 Å². The van der Waals surface area contributed by atoms with Gasteiger partial charge in [0, 0.05) is 13.5 Å². The second kappa shape index (κ2) is 10.2. The summed E-state index contributed by atoms with van der Waals surface area (Å²) in [5, 5.41) is 2.59. The van der Waals surface area contributed by atoms with Crippen molar-refractivity contribution in [2.45, 2.75) is 46.0 Å². The fourth-order valence-electron chi connectivity index (χ4n) is 2.04. The third-order valence-electron chi connectivity index (χ3n) is 3.14. The monoisotopic (exact) mass is 447 g/mol. The van der Waals surface area contributed by atoms with E-state index in [0.29, 0.717) is 24.5 Å². The summed E-state index contributed by atoms with van der Waals surface area (Å²) in [5.41, 5.74) is 0.167. The lowest BCUT2D eigenvalue weighted by Gasteiger charge is -2.21. The summed E-state index contributed by atoms with van der Waals surface area (Å²) in [6.07, 6.45) is -2.21. The first kappa shape index (κ1) is 22.9. The van der Waals surface area contributed by atoms with Crippen LogP contribution in [0.5, 0.6) is 11.5 Å². The molecule has 1 amide bonds. The first-order chi connectivity index (χ1) is 12.6. The molecule has 0 aromatic heterocycles. The number of amides is 1.